The zero-order chi connectivity index (χ0) is 19.6. The zero-order valence-corrected chi connectivity index (χ0v) is 17.4. The van der Waals surface area contributed by atoms with E-state index in [1.54, 1.807) is 0 Å². The van der Waals surface area contributed by atoms with E-state index < -0.39 is 0 Å². The second-order valence-corrected chi connectivity index (χ2v) is 7.65. The molecular weight excluding hydrogens is 354 g/mol. The standard InChI is InChI=1S/C22H35N3O3/c1-18-6-5-8-20(16-18)27-15-11-24-22(23-2)25-12-9-19(10-13-25)28-17-21-7-3-4-14-26-21/h5-6,8,16,19,21H,3-4,7,9-15,17H2,1-2H3,(H,23,24). The summed E-state index contributed by atoms with van der Waals surface area (Å²) < 4.78 is 17.7. The van der Waals surface area contributed by atoms with E-state index in [4.69, 9.17) is 14.2 Å². The third-order valence-corrected chi connectivity index (χ3v) is 5.39. The number of aliphatic imine (C=N–C) groups is 1. The predicted molar refractivity (Wildman–Crippen MR) is 112 cm³/mol. The monoisotopic (exact) mass is 389 g/mol. The van der Waals surface area contributed by atoms with E-state index in [9.17, 15) is 0 Å². The Bertz CT molecular complexity index is 609. The van der Waals surface area contributed by atoms with E-state index in [1.807, 2.05) is 19.2 Å². The molecule has 0 radical (unpaired) electrons. The first-order valence-electron chi connectivity index (χ1n) is 10.6. The lowest BCUT2D eigenvalue weighted by Crippen LogP contribution is -2.48. The van der Waals surface area contributed by atoms with E-state index in [2.05, 4.69) is 34.3 Å². The van der Waals surface area contributed by atoms with Crippen LogP contribution in [0, 0.1) is 6.92 Å². The van der Waals surface area contributed by atoms with Gasteiger partial charge in [-0.2, -0.15) is 0 Å². The number of piperidine rings is 1. The first kappa shape index (κ1) is 20.9. The average molecular weight is 390 g/mol. The summed E-state index contributed by atoms with van der Waals surface area (Å²) in [6.07, 6.45) is 6.30. The second kappa shape index (κ2) is 11.3. The molecular formula is C22H35N3O3. The van der Waals surface area contributed by atoms with Gasteiger partial charge in [0.25, 0.3) is 0 Å². The summed E-state index contributed by atoms with van der Waals surface area (Å²) >= 11 is 0. The lowest BCUT2D eigenvalue weighted by molar-refractivity contribution is -0.0721. The molecule has 156 valence electrons. The van der Waals surface area contributed by atoms with E-state index in [0.29, 0.717) is 18.8 Å². The third kappa shape index (κ3) is 6.67. The van der Waals surface area contributed by atoms with Gasteiger partial charge in [-0.15, -0.1) is 0 Å². The average Bonchev–Trinajstić information content (AvgIpc) is 2.74. The number of aryl methyl sites for hydroxylation is 1. The Balaban J connectivity index is 1.32. The van der Waals surface area contributed by atoms with Gasteiger partial charge in [-0.25, -0.2) is 0 Å². The number of guanidine groups is 1. The van der Waals surface area contributed by atoms with Gasteiger partial charge in [-0.05, 0) is 56.7 Å². The van der Waals surface area contributed by atoms with Gasteiger partial charge in [-0.1, -0.05) is 12.1 Å². The second-order valence-electron chi connectivity index (χ2n) is 7.65. The Morgan fingerprint density at radius 3 is 2.82 bits per heavy atom. The van der Waals surface area contributed by atoms with Crippen molar-refractivity contribution in [2.24, 2.45) is 4.99 Å². The van der Waals surface area contributed by atoms with Crippen molar-refractivity contribution in [1.82, 2.24) is 10.2 Å². The van der Waals surface area contributed by atoms with Gasteiger partial charge in [-0.3, -0.25) is 4.99 Å². The van der Waals surface area contributed by atoms with E-state index in [0.717, 1.165) is 63.8 Å². The highest BCUT2D eigenvalue weighted by molar-refractivity contribution is 5.79. The molecule has 2 fully saturated rings. The van der Waals surface area contributed by atoms with Crippen molar-refractivity contribution < 1.29 is 14.2 Å². The molecule has 2 aliphatic rings. The molecule has 2 aliphatic heterocycles. The summed E-state index contributed by atoms with van der Waals surface area (Å²) in [5, 5.41) is 3.41. The molecule has 0 saturated carbocycles. The lowest BCUT2D eigenvalue weighted by atomic mass is 10.1. The molecule has 6 heteroatoms. The van der Waals surface area contributed by atoms with Crippen LogP contribution in [0.3, 0.4) is 0 Å². The summed E-state index contributed by atoms with van der Waals surface area (Å²) in [7, 11) is 1.84. The summed E-state index contributed by atoms with van der Waals surface area (Å²) in [5.74, 6) is 1.86. The first-order chi connectivity index (χ1) is 13.7. The minimum Gasteiger partial charge on any atom is -0.492 e. The molecule has 3 rings (SSSR count). The summed E-state index contributed by atoms with van der Waals surface area (Å²) in [5.41, 5.74) is 1.21. The number of benzene rings is 1. The molecule has 0 aliphatic carbocycles. The number of nitrogens with zero attached hydrogens (tertiary/aromatic N) is 2. The molecule has 1 N–H and O–H groups in total. The van der Waals surface area contributed by atoms with Gasteiger partial charge in [0.15, 0.2) is 5.96 Å². The highest BCUT2D eigenvalue weighted by Gasteiger charge is 2.23. The van der Waals surface area contributed by atoms with Crippen LogP contribution in [0.5, 0.6) is 5.75 Å². The Labute approximate surface area is 169 Å². The van der Waals surface area contributed by atoms with Crippen LogP contribution >= 0.6 is 0 Å². The van der Waals surface area contributed by atoms with E-state index >= 15 is 0 Å². The molecule has 1 atom stereocenters. The molecule has 1 aromatic carbocycles. The maximum Gasteiger partial charge on any atom is 0.193 e. The normalized spacial score (nSPS) is 21.6. The van der Waals surface area contributed by atoms with Crippen molar-refractivity contribution in [3.8, 4) is 5.75 Å². The smallest absolute Gasteiger partial charge is 0.193 e. The van der Waals surface area contributed by atoms with Crippen LogP contribution in [0.15, 0.2) is 29.3 Å². The maximum atomic E-state index is 6.11. The molecule has 1 aromatic rings. The van der Waals surface area contributed by atoms with Gasteiger partial charge in [0.05, 0.1) is 25.4 Å². The predicted octanol–water partition coefficient (Wildman–Crippen LogP) is 3.00. The van der Waals surface area contributed by atoms with Crippen LogP contribution in [0.25, 0.3) is 0 Å². The van der Waals surface area contributed by atoms with Crippen molar-refractivity contribution in [2.45, 2.75) is 51.2 Å². The van der Waals surface area contributed by atoms with Crippen LogP contribution in [-0.2, 0) is 9.47 Å². The lowest BCUT2D eigenvalue weighted by Gasteiger charge is -2.35. The highest BCUT2D eigenvalue weighted by Crippen LogP contribution is 2.18. The van der Waals surface area contributed by atoms with Crippen molar-refractivity contribution in [2.75, 3.05) is 46.5 Å². The van der Waals surface area contributed by atoms with Crippen LogP contribution in [0.1, 0.15) is 37.7 Å². The maximum absolute atomic E-state index is 6.11. The molecule has 2 saturated heterocycles. The van der Waals surface area contributed by atoms with Crippen molar-refractivity contribution in [3.63, 3.8) is 0 Å². The number of hydrogen-bond acceptors (Lipinski definition) is 4. The number of ether oxygens (including phenoxy) is 3. The highest BCUT2D eigenvalue weighted by atomic mass is 16.5. The van der Waals surface area contributed by atoms with Crippen LogP contribution in [0.2, 0.25) is 0 Å². The largest absolute Gasteiger partial charge is 0.492 e. The molecule has 2 heterocycles. The van der Waals surface area contributed by atoms with Gasteiger partial charge >= 0.3 is 0 Å². The van der Waals surface area contributed by atoms with Gasteiger partial charge in [0.2, 0.25) is 0 Å². The minimum absolute atomic E-state index is 0.301. The fourth-order valence-corrected chi connectivity index (χ4v) is 3.79. The van der Waals surface area contributed by atoms with Crippen molar-refractivity contribution >= 4 is 5.96 Å². The van der Waals surface area contributed by atoms with Gasteiger partial charge in [0, 0.05) is 26.7 Å². The SMILES string of the molecule is CN=C(NCCOc1cccc(C)c1)N1CCC(OCC2CCCCO2)CC1. The van der Waals surface area contributed by atoms with E-state index in [-0.39, 0.29) is 0 Å². The molecule has 28 heavy (non-hydrogen) atoms. The van der Waals surface area contributed by atoms with Crippen molar-refractivity contribution in [1.29, 1.82) is 0 Å². The van der Waals surface area contributed by atoms with Crippen LogP contribution in [-0.4, -0.2) is 69.6 Å². The Morgan fingerprint density at radius 2 is 2.11 bits per heavy atom. The number of rotatable bonds is 7. The summed E-state index contributed by atoms with van der Waals surface area (Å²) in [6, 6.07) is 8.13. The van der Waals surface area contributed by atoms with Crippen molar-refractivity contribution in [3.05, 3.63) is 29.8 Å². The number of hydrogen-bond donors (Lipinski definition) is 1. The quantitative estimate of drug-likeness (QED) is 0.441. The molecule has 6 nitrogen and oxygen atoms in total. The molecule has 0 aromatic heterocycles. The van der Waals surface area contributed by atoms with Gasteiger partial charge in [0.1, 0.15) is 12.4 Å². The fraction of sp³-hybridized carbons (Fsp3) is 0.682. The van der Waals surface area contributed by atoms with E-state index in [1.165, 1.54) is 18.4 Å². The number of likely N-dealkylation sites (tertiary alicyclic amines) is 1. The Hall–Kier alpha value is -1.79. The summed E-state index contributed by atoms with van der Waals surface area (Å²) in [6.45, 7) is 6.99. The zero-order valence-electron chi connectivity index (χ0n) is 17.4. The Morgan fingerprint density at radius 1 is 1.25 bits per heavy atom. The molecule has 0 bridgehead atoms. The Kier molecular flexibility index (Phi) is 8.42. The molecule has 1 unspecified atom stereocenters. The molecule has 0 amide bonds. The fourth-order valence-electron chi connectivity index (χ4n) is 3.79. The van der Waals surface area contributed by atoms with Crippen LogP contribution < -0.4 is 10.1 Å². The third-order valence-electron chi connectivity index (χ3n) is 5.39. The molecule has 0 spiro atoms. The first-order valence-corrected chi connectivity index (χ1v) is 10.6. The minimum atomic E-state index is 0.301. The topological polar surface area (TPSA) is 55.3 Å². The van der Waals surface area contributed by atoms with Crippen LogP contribution in [0.4, 0.5) is 0 Å². The summed E-state index contributed by atoms with van der Waals surface area (Å²) in [4.78, 5) is 6.74. The number of nitrogens with one attached hydrogen (secondary N) is 1. The van der Waals surface area contributed by atoms with Gasteiger partial charge < -0.3 is 24.4 Å².